The Labute approximate surface area is 97.5 Å². The van der Waals surface area contributed by atoms with Crippen molar-refractivity contribution in [3.8, 4) is 0 Å². The molecule has 1 aliphatic rings. The second-order valence-electron chi connectivity index (χ2n) is 3.79. The summed E-state index contributed by atoms with van der Waals surface area (Å²) in [7, 11) is 0. The quantitative estimate of drug-likeness (QED) is 0.788. The van der Waals surface area contributed by atoms with E-state index >= 15 is 0 Å². The topological polar surface area (TPSA) is 55.6 Å². The van der Waals surface area contributed by atoms with E-state index in [1.54, 1.807) is 0 Å². The summed E-state index contributed by atoms with van der Waals surface area (Å²) < 4.78 is 5.51. The number of hydrogen-bond acceptors (Lipinski definition) is 3. The summed E-state index contributed by atoms with van der Waals surface area (Å²) in [6.07, 6.45) is 1.55. The van der Waals surface area contributed by atoms with Crippen molar-refractivity contribution < 1.29 is 9.53 Å². The largest absolute Gasteiger partial charge is 0.375 e. The number of rotatable bonds is 3. The minimum Gasteiger partial charge on any atom is -0.375 e. The van der Waals surface area contributed by atoms with E-state index in [0.717, 1.165) is 6.42 Å². The van der Waals surface area contributed by atoms with E-state index in [1.165, 1.54) is 0 Å². The lowest BCUT2D eigenvalue weighted by molar-refractivity contribution is -0.144. The van der Waals surface area contributed by atoms with Gasteiger partial charge < -0.3 is 15.4 Å². The number of carbonyl (C=O) groups is 1. The van der Waals surface area contributed by atoms with Gasteiger partial charge in [0.2, 0.25) is 5.91 Å². The molecule has 0 aromatic heterocycles. The van der Waals surface area contributed by atoms with E-state index in [1.807, 2.05) is 11.8 Å². The fourth-order valence-electron chi connectivity index (χ4n) is 1.75. The molecule has 5 heteroatoms. The van der Waals surface area contributed by atoms with E-state index < -0.39 is 0 Å². The van der Waals surface area contributed by atoms with Crippen LogP contribution in [0.25, 0.3) is 0 Å². The van der Waals surface area contributed by atoms with Crippen LogP contribution in [-0.2, 0) is 9.53 Å². The first-order valence-electron chi connectivity index (χ1n) is 5.30. The number of morpholine rings is 1. The van der Waals surface area contributed by atoms with Crippen LogP contribution in [-0.4, -0.2) is 42.6 Å². The molecule has 2 atom stereocenters. The third-order valence-corrected chi connectivity index (χ3v) is 2.62. The molecule has 90 valence electrons. The molecule has 0 spiro atoms. The predicted octanol–water partition coefficient (Wildman–Crippen LogP) is 0.783. The number of nitrogens with zero attached hydrogens (tertiary/aromatic N) is 1. The second-order valence-corrected chi connectivity index (χ2v) is 3.79. The van der Waals surface area contributed by atoms with Crippen molar-refractivity contribution in [1.29, 1.82) is 0 Å². The molecule has 0 radical (unpaired) electrons. The average molecular weight is 237 g/mol. The number of amides is 1. The summed E-state index contributed by atoms with van der Waals surface area (Å²) in [6, 6.07) is 0.241. The summed E-state index contributed by atoms with van der Waals surface area (Å²) in [5.74, 6) is 0.162. The monoisotopic (exact) mass is 236 g/mol. The van der Waals surface area contributed by atoms with Crippen LogP contribution in [0.2, 0.25) is 0 Å². The zero-order valence-corrected chi connectivity index (χ0v) is 10.3. The molecule has 4 nitrogen and oxygen atoms in total. The molecule has 1 saturated heterocycles. The number of carbonyl (C=O) groups excluding carboxylic acids is 1. The van der Waals surface area contributed by atoms with Gasteiger partial charge in [0.1, 0.15) is 0 Å². The van der Waals surface area contributed by atoms with Gasteiger partial charge in [0.25, 0.3) is 0 Å². The van der Waals surface area contributed by atoms with E-state index in [0.29, 0.717) is 26.1 Å². The highest BCUT2D eigenvalue weighted by Gasteiger charge is 2.28. The highest BCUT2D eigenvalue weighted by atomic mass is 35.5. The molecule has 0 aromatic rings. The second kappa shape index (κ2) is 7.04. The van der Waals surface area contributed by atoms with Crippen LogP contribution in [0, 0.1) is 0 Å². The van der Waals surface area contributed by atoms with Crippen molar-refractivity contribution in [3.63, 3.8) is 0 Å². The van der Waals surface area contributed by atoms with Gasteiger partial charge in [-0.1, -0.05) is 6.92 Å². The minimum absolute atomic E-state index is 0. The zero-order valence-electron chi connectivity index (χ0n) is 9.44. The van der Waals surface area contributed by atoms with E-state index in [-0.39, 0.29) is 30.5 Å². The van der Waals surface area contributed by atoms with Crippen LogP contribution in [0.4, 0.5) is 0 Å². The first kappa shape index (κ1) is 14.7. The van der Waals surface area contributed by atoms with Gasteiger partial charge in [0.05, 0.1) is 18.8 Å². The van der Waals surface area contributed by atoms with Gasteiger partial charge in [-0.25, -0.2) is 0 Å². The Morgan fingerprint density at radius 1 is 1.60 bits per heavy atom. The van der Waals surface area contributed by atoms with Gasteiger partial charge in [-0.2, -0.15) is 0 Å². The van der Waals surface area contributed by atoms with Crippen LogP contribution in [0.15, 0.2) is 0 Å². The molecule has 1 amide bonds. The molecule has 15 heavy (non-hydrogen) atoms. The zero-order chi connectivity index (χ0) is 10.6. The van der Waals surface area contributed by atoms with Crippen molar-refractivity contribution in [2.24, 2.45) is 5.73 Å². The molecular formula is C10H21ClN2O2. The van der Waals surface area contributed by atoms with E-state index in [2.05, 4.69) is 6.92 Å². The summed E-state index contributed by atoms with van der Waals surface area (Å²) in [5, 5.41) is 0. The lowest BCUT2D eigenvalue weighted by Gasteiger charge is -2.38. The fourth-order valence-corrected chi connectivity index (χ4v) is 1.75. The molecule has 0 aliphatic carbocycles. The lowest BCUT2D eigenvalue weighted by atomic mass is 10.1. The van der Waals surface area contributed by atoms with Crippen molar-refractivity contribution in [1.82, 2.24) is 4.90 Å². The van der Waals surface area contributed by atoms with Crippen molar-refractivity contribution in [3.05, 3.63) is 0 Å². The predicted molar refractivity (Wildman–Crippen MR) is 62.1 cm³/mol. The Hall–Kier alpha value is -0.320. The minimum atomic E-state index is 0. The molecule has 1 fully saturated rings. The summed E-state index contributed by atoms with van der Waals surface area (Å²) in [6.45, 7) is 5.87. The van der Waals surface area contributed by atoms with Crippen LogP contribution >= 0.6 is 12.4 Å². The van der Waals surface area contributed by atoms with Crippen molar-refractivity contribution in [2.45, 2.75) is 38.8 Å². The first-order valence-corrected chi connectivity index (χ1v) is 5.30. The van der Waals surface area contributed by atoms with E-state index in [4.69, 9.17) is 10.5 Å². The van der Waals surface area contributed by atoms with Crippen LogP contribution in [0.1, 0.15) is 26.7 Å². The van der Waals surface area contributed by atoms with Crippen LogP contribution in [0.5, 0.6) is 0 Å². The van der Waals surface area contributed by atoms with Crippen molar-refractivity contribution >= 4 is 18.3 Å². The molecule has 1 heterocycles. The first-order chi connectivity index (χ1) is 6.69. The van der Waals surface area contributed by atoms with Crippen molar-refractivity contribution in [2.75, 3.05) is 19.7 Å². The average Bonchev–Trinajstić information content (AvgIpc) is 2.18. The fraction of sp³-hybridized carbons (Fsp3) is 0.900. The lowest BCUT2D eigenvalue weighted by Crippen LogP contribution is -2.51. The Bertz CT molecular complexity index is 202. The maximum Gasteiger partial charge on any atom is 0.224 e. The molecular weight excluding hydrogens is 216 g/mol. The summed E-state index contributed by atoms with van der Waals surface area (Å²) in [5.41, 5.74) is 5.38. The third kappa shape index (κ3) is 3.97. The van der Waals surface area contributed by atoms with E-state index in [9.17, 15) is 4.79 Å². The van der Waals surface area contributed by atoms with Gasteiger partial charge in [-0.15, -0.1) is 12.4 Å². The van der Waals surface area contributed by atoms with Gasteiger partial charge in [0.15, 0.2) is 0 Å². The molecule has 0 saturated carbocycles. The van der Waals surface area contributed by atoms with Crippen LogP contribution < -0.4 is 5.73 Å². The highest BCUT2D eigenvalue weighted by molar-refractivity contribution is 5.85. The maximum atomic E-state index is 11.7. The molecule has 2 N–H and O–H groups in total. The number of halogens is 1. The third-order valence-electron chi connectivity index (χ3n) is 2.62. The highest BCUT2D eigenvalue weighted by Crippen LogP contribution is 2.15. The van der Waals surface area contributed by atoms with Gasteiger partial charge in [-0.05, 0) is 13.3 Å². The molecule has 1 rings (SSSR count). The molecule has 0 bridgehead atoms. The SMILES string of the molecule is CCC1COC(C)CN1C(=O)CCN.Cl. The molecule has 0 aromatic carbocycles. The smallest absolute Gasteiger partial charge is 0.224 e. The Kier molecular flexibility index (Phi) is 6.89. The number of hydrogen-bond donors (Lipinski definition) is 1. The van der Waals surface area contributed by atoms with Crippen LogP contribution in [0.3, 0.4) is 0 Å². The van der Waals surface area contributed by atoms with Gasteiger partial charge >= 0.3 is 0 Å². The van der Waals surface area contributed by atoms with Gasteiger partial charge in [-0.3, -0.25) is 4.79 Å². The molecule has 1 aliphatic heterocycles. The summed E-state index contributed by atoms with van der Waals surface area (Å²) >= 11 is 0. The summed E-state index contributed by atoms with van der Waals surface area (Å²) in [4.78, 5) is 13.6. The normalized spacial score (nSPS) is 25.9. The van der Waals surface area contributed by atoms with Gasteiger partial charge in [0, 0.05) is 19.5 Å². The number of ether oxygens (including phenoxy) is 1. The molecule has 2 unspecified atom stereocenters. The standard InChI is InChI=1S/C10H20N2O2.ClH/c1-3-9-7-14-8(2)6-12(9)10(13)4-5-11;/h8-9H,3-7,11H2,1-2H3;1H. The maximum absolute atomic E-state index is 11.7. The number of nitrogens with two attached hydrogens (primary N) is 1. The Balaban J connectivity index is 0.00000196. The Morgan fingerprint density at radius 2 is 2.27 bits per heavy atom. The Morgan fingerprint density at radius 3 is 2.80 bits per heavy atom.